The van der Waals surface area contributed by atoms with E-state index in [0.717, 1.165) is 24.2 Å². The van der Waals surface area contributed by atoms with Gasteiger partial charge in [-0.3, -0.25) is 4.90 Å². The molecule has 0 saturated heterocycles. The molecule has 0 fully saturated rings. The van der Waals surface area contributed by atoms with Crippen molar-refractivity contribution in [2.75, 3.05) is 11.4 Å². The maximum atomic E-state index is 13.0. The summed E-state index contributed by atoms with van der Waals surface area (Å²) in [5.41, 5.74) is 3.49. The van der Waals surface area contributed by atoms with Gasteiger partial charge < -0.3 is 4.90 Å². The van der Waals surface area contributed by atoms with E-state index >= 15 is 0 Å². The van der Waals surface area contributed by atoms with Crippen molar-refractivity contribution < 1.29 is 4.79 Å². The van der Waals surface area contributed by atoms with Gasteiger partial charge in [0, 0.05) is 24.8 Å². The minimum absolute atomic E-state index is 0.101. The number of anilines is 1. The van der Waals surface area contributed by atoms with Gasteiger partial charge in [-0.05, 0) is 37.5 Å². The van der Waals surface area contributed by atoms with Gasteiger partial charge >= 0.3 is 6.03 Å². The average molecular weight is 294 g/mol. The van der Waals surface area contributed by atoms with Crippen LogP contribution in [0.15, 0.2) is 54.6 Å². The topological polar surface area (TPSA) is 23.6 Å². The Hall–Kier alpha value is -2.29. The molecule has 2 amide bonds. The van der Waals surface area contributed by atoms with Gasteiger partial charge in [-0.25, -0.2) is 4.79 Å². The van der Waals surface area contributed by atoms with E-state index in [1.54, 1.807) is 0 Å². The van der Waals surface area contributed by atoms with Gasteiger partial charge in [0.05, 0.1) is 0 Å². The van der Waals surface area contributed by atoms with Crippen LogP contribution in [0.3, 0.4) is 0 Å². The summed E-state index contributed by atoms with van der Waals surface area (Å²) in [6.45, 7) is 5.57. The third-order valence-corrected chi connectivity index (χ3v) is 4.18. The zero-order valence-corrected chi connectivity index (χ0v) is 13.2. The predicted octanol–water partition coefficient (Wildman–Crippen LogP) is 4.08. The molecule has 2 aromatic rings. The van der Waals surface area contributed by atoms with Crippen molar-refractivity contribution in [1.29, 1.82) is 0 Å². The molecule has 22 heavy (non-hydrogen) atoms. The summed E-state index contributed by atoms with van der Waals surface area (Å²) >= 11 is 0. The number of nitrogens with zero attached hydrogens (tertiary/aromatic N) is 2. The van der Waals surface area contributed by atoms with Gasteiger partial charge in [0.2, 0.25) is 0 Å². The fourth-order valence-corrected chi connectivity index (χ4v) is 2.94. The minimum Gasteiger partial charge on any atom is -0.318 e. The first kappa shape index (κ1) is 14.6. The van der Waals surface area contributed by atoms with Crippen LogP contribution in [-0.2, 0) is 13.0 Å². The molecule has 0 saturated carbocycles. The number of rotatable bonds is 3. The second-order valence-corrected chi connectivity index (χ2v) is 6.02. The maximum Gasteiger partial charge on any atom is 0.325 e. The van der Waals surface area contributed by atoms with Crippen molar-refractivity contribution in [2.24, 2.45) is 0 Å². The Morgan fingerprint density at radius 1 is 1.09 bits per heavy atom. The molecule has 2 aromatic carbocycles. The maximum absolute atomic E-state index is 13.0. The number of amides is 2. The summed E-state index contributed by atoms with van der Waals surface area (Å²) in [6, 6.07) is 18.6. The second kappa shape index (κ2) is 6.22. The van der Waals surface area contributed by atoms with Crippen LogP contribution >= 0.6 is 0 Å². The Kier molecular flexibility index (Phi) is 4.14. The summed E-state index contributed by atoms with van der Waals surface area (Å²) < 4.78 is 0. The zero-order valence-electron chi connectivity index (χ0n) is 13.2. The first-order valence-corrected chi connectivity index (χ1v) is 7.87. The molecule has 0 unspecified atom stereocenters. The quantitative estimate of drug-likeness (QED) is 0.836. The van der Waals surface area contributed by atoms with E-state index in [-0.39, 0.29) is 12.1 Å². The van der Waals surface area contributed by atoms with Gasteiger partial charge in [-0.1, -0.05) is 48.5 Å². The van der Waals surface area contributed by atoms with Crippen LogP contribution in [-0.4, -0.2) is 23.5 Å². The van der Waals surface area contributed by atoms with Crippen molar-refractivity contribution in [3.05, 3.63) is 65.7 Å². The largest absolute Gasteiger partial charge is 0.325 e. The van der Waals surface area contributed by atoms with E-state index in [9.17, 15) is 4.79 Å². The second-order valence-electron chi connectivity index (χ2n) is 6.02. The van der Waals surface area contributed by atoms with Crippen LogP contribution in [0.2, 0.25) is 0 Å². The number of hydrogen-bond acceptors (Lipinski definition) is 1. The van der Waals surface area contributed by atoms with E-state index in [1.807, 2.05) is 46.2 Å². The number of fused-ring (bicyclic) bond motifs is 1. The van der Waals surface area contributed by atoms with Crippen molar-refractivity contribution in [3.63, 3.8) is 0 Å². The van der Waals surface area contributed by atoms with E-state index < -0.39 is 0 Å². The third-order valence-electron chi connectivity index (χ3n) is 4.18. The van der Waals surface area contributed by atoms with Gasteiger partial charge in [0.25, 0.3) is 0 Å². The number of carbonyl (C=O) groups is 1. The Balaban J connectivity index is 1.82. The summed E-state index contributed by atoms with van der Waals surface area (Å²) in [5.74, 6) is 0. The summed E-state index contributed by atoms with van der Waals surface area (Å²) in [6.07, 6.45) is 0.944. The summed E-state index contributed by atoms with van der Waals surface area (Å²) in [7, 11) is 0. The molecule has 114 valence electrons. The zero-order chi connectivity index (χ0) is 15.5. The molecule has 3 rings (SSSR count). The Morgan fingerprint density at radius 3 is 2.50 bits per heavy atom. The standard InChI is InChI=1S/C19H22N2O/c1-15(2)21(14-16-8-4-3-5-9-16)19(22)20-13-12-17-10-6-7-11-18(17)20/h3-11,15H,12-14H2,1-2H3. The predicted molar refractivity (Wildman–Crippen MR) is 90.0 cm³/mol. The minimum atomic E-state index is 0.101. The third kappa shape index (κ3) is 2.84. The number of hydrogen-bond donors (Lipinski definition) is 0. The molecule has 0 bridgehead atoms. The highest BCUT2D eigenvalue weighted by Crippen LogP contribution is 2.29. The van der Waals surface area contributed by atoms with E-state index in [4.69, 9.17) is 0 Å². The molecular weight excluding hydrogens is 272 g/mol. The lowest BCUT2D eigenvalue weighted by molar-refractivity contribution is 0.187. The summed E-state index contributed by atoms with van der Waals surface area (Å²) in [4.78, 5) is 16.9. The lowest BCUT2D eigenvalue weighted by Crippen LogP contribution is -2.45. The van der Waals surface area contributed by atoms with Gasteiger partial charge in [-0.15, -0.1) is 0 Å². The SMILES string of the molecule is CC(C)N(Cc1ccccc1)C(=O)N1CCc2ccccc21. The van der Waals surface area contributed by atoms with Crippen molar-refractivity contribution in [3.8, 4) is 0 Å². The summed E-state index contributed by atoms with van der Waals surface area (Å²) in [5, 5.41) is 0. The normalized spacial score (nSPS) is 13.3. The molecule has 0 N–H and O–H groups in total. The first-order valence-electron chi connectivity index (χ1n) is 7.87. The molecule has 0 aliphatic carbocycles. The Labute approximate surface area is 132 Å². The number of para-hydroxylation sites is 1. The van der Waals surface area contributed by atoms with Crippen LogP contribution in [0.5, 0.6) is 0 Å². The molecule has 1 aliphatic heterocycles. The van der Waals surface area contributed by atoms with Gasteiger partial charge in [0.15, 0.2) is 0 Å². The molecule has 3 heteroatoms. The fraction of sp³-hybridized carbons (Fsp3) is 0.316. The van der Waals surface area contributed by atoms with Crippen molar-refractivity contribution in [1.82, 2.24) is 4.90 Å². The van der Waals surface area contributed by atoms with Crippen LogP contribution in [0.25, 0.3) is 0 Å². The molecule has 0 atom stereocenters. The Bertz CT molecular complexity index is 651. The van der Waals surface area contributed by atoms with Crippen LogP contribution in [0.4, 0.5) is 10.5 Å². The monoisotopic (exact) mass is 294 g/mol. The molecule has 0 aromatic heterocycles. The molecule has 1 heterocycles. The van der Waals surface area contributed by atoms with Crippen molar-refractivity contribution >= 4 is 11.7 Å². The number of carbonyl (C=O) groups excluding carboxylic acids is 1. The highest BCUT2D eigenvalue weighted by Gasteiger charge is 2.29. The van der Waals surface area contributed by atoms with E-state index in [0.29, 0.717) is 6.54 Å². The number of benzene rings is 2. The molecule has 3 nitrogen and oxygen atoms in total. The Morgan fingerprint density at radius 2 is 1.77 bits per heavy atom. The van der Waals surface area contributed by atoms with Gasteiger partial charge in [0.1, 0.15) is 0 Å². The van der Waals surface area contributed by atoms with Crippen LogP contribution in [0, 0.1) is 0 Å². The molecule has 1 aliphatic rings. The number of urea groups is 1. The van der Waals surface area contributed by atoms with Crippen LogP contribution < -0.4 is 4.90 Å². The van der Waals surface area contributed by atoms with Crippen molar-refractivity contribution in [2.45, 2.75) is 32.9 Å². The lowest BCUT2D eigenvalue weighted by Gasteiger charge is -2.31. The fourth-order valence-electron chi connectivity index (χ4n) is 2.94. The lowest BCUT2D eigenvalue weighted by atomic mass is 10.2. The first-order chi connectivity index (χ1) is 10.7. The van der Waals surface area contributed by atoms with Crippen LogP contribution in [0.1, 0.15) is 25.0 Å². The molecule has 0 spiro atoms. The smallest absolute Gasteiger partial charge is 0.318 e. The molecule has 0 radical (unpaired) electrons. The molecular formula is C19H22N2O. The van der Waals surface area contributed by atoms with E-state index in [1.165, 1.54) is 5.56 Å². The van der Waals surface area contributed by atoms with E-state index in [2.05, 4.69) is 32.0 Å². The van der Waals surface area contributed by atoms with Gasteiger partial charge in [-0.2, -0.15) is 0 Å². The average Bonchev–Trinajstić information content (AvgIpc) is 2.97. The highest BCUT2D eigenvalue weighted by atomic mass is 16.2. The highest BCUT2D eigenvalue weighted by molar-refractivity contribution is 5.94.